The van der Waals surface area contributed by atoms with Crippen molar-refractivity contribution in [3.63, 3.8) is 0 Å². The highest BCUT2D eigenvalue weighted by atomic mass is 15.2. The van der Waals surface area contributed by atoms with E-state index in [1.165, 1.54) is 33.8 Å². The summed E-state index contributed by atoms with van der Waals surface area (Å²) in [4.78, 5) is 2.18. The van der Waals surface area contributed by atoms with Gasteiger partial charge in [0.05, 0.1) is 5.41 Å². The summed E-state index contributed by atoms with van der Waals surface area (Å²) in [5.74, 6) is 0. The van der Waals surface area contributed by atoms with Crippen LogP contribution in [0.1, 0.15) is 90.0 Å². The summed E-state index contributed by atoms with van der Waals surface area (Å²) in [5.41, 5.74) is 8.63. The van der Waals surface area contributed by atoms with Crippen molar-refractivity contribution in [2.75, 3.05) is 14.1 Å². The summed E-state index contributed by atoms with van der Waals surface area (Å²) in [5, 5.41) is 0. The first-order chi connectivity index (χ1) is 16.9. The Hall–Kier alpha value is -2.61. The fourth-order valence-electron chi connectivity index (χ4n) is 4.65. The number of allylic oxidation sites excluding steroid dienone is 13. The third kappa shape index (κ3) is 7.69. The zero-order chi connectivity index (χ0) is 28.9. The maximum atomic E-state index is 4.27. The highest BCUT2D eigenvalue weighted by molar-refractivity contribution is 6.00. The lowest BCUT2D eigenvalue weighted by Gasteiger charge is -2.22. The van der Waals surface area contributed by atoms with Crippen molar-refractivity contribution in [2.24, 2.45) is 10.8 Å². The molecule has 2 heteroatoms. The molecule has 2 nitrogen and oxygen atoms in total. The van der Waals surface area contributed by atoms with E-state index >= 15 is 0 Å². The molecule has 202 valence electrons. The molecule has 0 unspecified atom stereocenters. The van der Waals surface area contributed by atoms with Crippen molar-refractivity contribution in [1.82, 2.24) is 4.90 Å². The average molecular weight is 494 g/mol. The van der Waals surface area contributed by atoms with E-state index in [0.717, 1.165) is 5.70 Å². The number of rotatable bonds is 5. The van der Waals surface area contributed by atoms with Crippen LogP contribution in [0.2, 0.25) is 0 Å². The predicted octanol–water partition coefficient (Wildman–Crippen LogP) is 10.0. The van der Waals surface area contributed by atoms with Crippen LogP contribution in [-0.4, -0.2) is 29.3 Å². The number of likely N-dealkylation sites (N-methyl/N-ethyl adjacent to an activating group) is 1. The molecule has 0 amide bonds. The Morgan fingerprint density at radius 2 is 1.44 bits per heavy atom. The topological polar surface area (TPSA) is 6.25 Å². The number of likely N-dealkylation sites (tertiary alicyclic amines) is 1. The van der Waals surface area contributed by atoms with Gasteiger partial charge in [-0.2, -0.15) is 0 Å². The number of hydrogen-bond acceptors (Lipinski definition) is 1. The molecule has 0 bridgehead atoms. The molecule has 0 atom stereocenters. The van der Waals surface area contributed by atoms with E-state index < -0.39 is 0 Å². The Balaban J connectivity index is 0. The number of hydrogen-bond donors (Lipinski definition) is 0. The first kappa shape index (κ1) is 35.6. The quantitative estimate of drug-likeness (QED) is 0.273. The van der Waals surface area contributed by atoms with Crippen molar-refractivity contribution >= 4 is 5.71 Å². The first-order valence-corrected chi connectivity index (χ1v) is 13.7. The molecule has 2 heterocycles. The van der Waals surface area contributed by atoms with Crippen LogP contribution in [0.25, 0.3) is 0 Å². The molecule has 0 aromatic carbocycles. The van der Waals surface area contributed by atoms with Gasteiger partial charge in [-0.25, -0.2) is 4.58 Å². The maximum absolute atomic E-state index is 4.27. The minimum atomic E-state index is -0.0919. The minimum absolute atomic E-state index is 0.00360. The lowest BCUT2D eigenvalue weighted by Crippen LogP contribution is -2.24. The van der Waals surface area contributed by atoms with E-state index in [1.807, 2.05) is 47.6 Å². The third-order valence-corrected chi connectivity index (χ3v) is 6.58. The van der Waals surface area contributed by atoms with Crippen LogP contribution in [-0.2, 0) is 0 Å². The Morgan fingerprint density at radius 3 is 1.92 bits per heavy atom. The summed E-state index contributed by atoms with van der Waals surface area (Å²) in [6.07, 6.45) is 17.2. The lowest BCUT2D eigenvalue weighted by atomic mass is 9.80. The van der Waals surface area contributed by atoms with Gasteiger partial charge >= 0.3 is 0 Å². The van der Waals surface area contributed by atoms with Crippen molar-refractivity contribution < 1.29 is 4.58 Å². The Morgan fingerprint density at radius 1 is 0.917 bits per heavy atom. The summed E-state index contributed by atoms with van der Waals surface area (Å²) in [6, 6.07) is 0. The molecule has 36 heavy (non-hydrogen) atoms. The molecule has 2 aliphatic rings. The zero-order valence-electron chi connectivity index (χ0n) is 26.4. The van der Waals surface area contributed by atoms with Gasteiger partial charge in [-0.05, 0) is 39.3 Å². The fourth-order valence-corrected chi connectivity index (χ4v) is 4.65. The highest BCUT2D eigenvalue weighted by Crippen LogP contribution is 2.48. The van der Waals surface area contributed by atoms with Crippen LogP contribution in [0.5, 0.6) is 0 Å². The molecule has 0 aromatic heterocycles. The van der Waals surface area contributed by atoms with Crippen molar-refractivity contribution in [2.45, 2.75) is 90.0 Å². The lowest BCUT2D eigenvalue weighted by molar-refractivity contribution is -0.440. The maximum Gasteiger partial charge on any atom is 0.191 e. The molecule has 0 aliphatic carbocycles. The largest absolute Gasteiger partial charge is 0.348 e. The molecular formula is C34H57N2+. The van der Waals surface area contributed by atoms with Gasteiger partial charge in [-0.3, -0.25) is 0 Å². The summed E-state index contributed by atoms with van der Waals surface area (Å²) in [7, 11) is 4.24. The molecule has 0 spiro atoms. The van der Waals surface area contributed by atoms with Gasteiger partial charge in [-0.1, -0.05) is 111 Å². The second kappa shape index (κ2) is 16.2. The monoisotopic (exact) mass is 493 g/mol. The molecule has 0 radical (unpaired) electrons. The van der Waals surface area contributed by atoms with Gasteiger partial charge in [0.15, 0.2) is 11.4 Å². The fraction of sp³-hybridized carbons (Fsp3) is 0.500. The van der Waals surface area contributed by atoms with Crippen LogP contribution in [0, 0.1) is 10.8 Å². The summed E-state index contributed by atoms with van der Waals surface area (Å²) < 4.78 is 2.31. The standard InChI is InChI=1S/C28H39N2.3C2H6/c1-12-14-23-21(4)29(10)25(27(23,6)7)18-16-20(3)17-19-26-28(8,9)24(15-13-2)22(5)30(26)11;3*1-2/h12-19H,1,4H2,2-3,5-11H3;3*1-2H3/q+1;;;/b15-13-,23-14+;;;. The van der Waals surface area contributed by atoms with Crippen LogP contribution in [0.3, 0.4) is 0 Å². The second-order valence-corrected chi connectivity index (χ2v) is 9.31. The van der Waals surface area contributed by atoms with Gasteiger partial charge in [0.25, 0.3) is 0 Å². The first-order valence-electron chi connectivity index (χ1n) is 13.7. The van der Waals surface area contributed by atoms with E-state index in [1.54, 1.807) is 0 Å². The average Bonchev–Trinajstić information content (AvgIpc) is 3.13. The molecule has 0 N–H and O–H groups in total. The molecule has 2 aliphatic heterocycles. The van der Waals surface area contributed by atoms with Gasteiger partial charge in [0.1, 0.15) is 7.05 Å². The molecule has 1 saturated heterocycles. The van der Waals surface area contributed by atoms with Crippen molar-refractivity contribution in [3.8, 4) is 0 Å². The summed E-state index contributed by atoms with van der Waals surface area (Å²) >= 11 is 0. The zero-order valence-corrected chi connectivity index (χ0v) is 26.4. The van der Waals surface area contributed by atoms with Gasteiger partial charge in [-0.15, -0.1) is 0 Å². The Bertz CT molecular complexity index is 967. The van der Waals surface area contributed by atoms with E-state index in [-0.39, 0.29) is 10.8 Å². The van der Waals surface area contributed by atoms with Crippen LogP contribution in [0.4, 0.5) is 0 Å². The predicted molar refractivity (Wildman–Crippen MR) is 166 cm³/mol. The Labute approximate surface area is 225 Å². The van der Waals surface area contributed by atoms with E-state index in [2.05, 4.69) is 128 Å². The van der Waals surface area contributed by atoms with Gasteiger partial charge < -0.3 is 4.90 Å². The second-order valence-electron chi connectivity index (χ2n) is 9.31. The van der Waals surface area contributed by atoms with Crippen LogP contribution in [0.15, 0.2) is 95.6 Å². The van der Waals surface area contributed by atoms with E-state index in [9.17, 15) is 0 Å². The van der Waals surface area contributed by atoms with Crippen LogP contribution < -0.4 is 0 Å². The van der Waals surface area contributed by atoms with Crippen molar-refractivity contribution in [1.29, 1.82) is 0 Å². The highest BCUT2D eigenvalue weighted by Gasteiger charge is 2.42. The summed E-state index contributed by atoms with van der Waals surface area (Å²) in [6.45, 7) is 35.6. The molecule has 0 saturated carbocycles. The van der Waals surface area contributed by atoms with Crippen LogP contribution >= 0.6 is 0 Å². The SMILES string of the molecule is C=C/C=C1\C(=C)N(C)\C(=C/C=C(C)/C=C/C2=[N+](C)C(C)=C(/C=C\C)C2(C)C)C1(C)C.CC.CC.CC. The van der Waals surface area contributed by atoms with E-state index in [4.69, 9.17) is 0 Å². The Kier molecular flexibility index (Phi) is 16.0. The van der Waals surface area contributed by atoms with Gasteiger partial charge in [0.2, 0.25) is 0 Å². The number of nitrogens with zero attached hydrogens (tertiary/aromatic N) is 2. The molecule has 0 aromatic rings. The van der Waals surface area contributed by atoms with Gasteiger partial charge in [0, 0.05) is 42.4 Å². The third-order valence-electron chi connectivity index (χ3n) is 6.58. The van der Waals surface area contributed by atoms with Crippen molar-refractivity contribution in [3.05, 3.63) is 95.6 Å². The minimum Gasteiger partial charge on any atom is -0.348 e. The van der Waals surface area contributed by atoms with E-state index in [0.29, 0.717) is 0 Å². The molecule has 1 fully saturated rings. The smallest absolute Gasteiger partial charge is 0.191 e. The molecular weight excluding hydrogens is 436 g/mol. The normalized spacial score (nSPS) is 21.0. The molecule has 2 rings (SSSR count).